The second kappa shape index (κ2) is 6.36. The van der Waals surface area contributed by atoms with Crippen LogP contribution >= 0.6 is 0 Å². The molecule has 0 aliphatic heterocycles. The summed E-state index contributed by atoms with van der Waals surface area (Å²) in [6.07, 6.45) is 0.979. The van der Waals surface area contributed by atoms with Crippen LogP contribution in [0.3, 0.4) is 0 Å². The van der Waals surface area contributed by atoms with Gasteiger partial charge in [0.25, 0.3) is 0 Å². The highest BCUT2D eigenvalue weighted by molar-refractivity contribution is 5.24. The van der Waals surface area contributed by atoms with E-state index in [0.29, 0.717) is 5.92 Å². The third-order valence-electron chi connectivity index (χ3n) is 3.50. The van der Waals surface area contributed by atoms with Gasteiger partial charge in [-0.2, -0.15) is 0 Å². The molecule has 0 spiro atoms. The number of aliphatic hydroxyl groups excluding tert-OH is 1. The molecule has 1 nitrogen and oxygen atoms in total. The summed E-state index contributed by atoms with van der Waals surface area (Å²) in [5, 5.41) is 9.44. The molecule has 0 amide bonds. The second-order valence-electron chi connectivity index (χ2n) is 4.87. The maximum absolute atomic E-state index is 9.44. The molecule has 0 radical (unpaired) electrons. The Labute approximate surface area is 109 Å². The van der Waals surface area contributed by atoms with E-state index in [0.717, 1.165) is 6.42 Å². The van der Waals surface area contributed by atoms with Crippen molar-refractivity contribution >= 4 is 0 Å². The summed E-state index contributed by atoms with van der Waals surface area (Å²) >= 11 is 0. The summed E-state index contributed by atoms with van der Waals surface area (Å²) in [4.78, 5) is 0. The van der Waals surface area contributed by atoms with E-state index in [1.165, 1.54) is 11.1 Å². The van der Waals surface area contributed by atoms with Crippen LogP contribution in [0.5, 0.6) is 0 Å². The van der Waals surface area contributed by atoms with Crippen LogP contribution < -0.4 is 0 Å². The number of hydrogen-bond acceptors (Lipinski definition) is 1. The van der Waals surface area contributed by atoms with E-state index < -0.39 is 0 Å². The number of aliphatic hydroxyl groups is 1. The molecule has 1 heteroatoms. The molecule has 0 saturated carbocycles. The first-order valence-electron chi connectivity index (χ1n) is 6.51. The third kappa shape index (κ3) is 3.21. The lowest BCUT2D eigenvalue weighted by Gasteiger charge is -2.23. The largest absolute Gasteiger partial charge is 0.396 e. The SMILES string of the molecule is C[C@H](CO)[C@@H](Cc1ccccc1)c1ccccc1. The van der Waals surface area contributed by atoms with E-state index in [-0.39, 0.29) is 12.5 Å². The Hall–Kier alpha value is -1.60. The second-order valence-corrected chi connectivity index (χ2v) is 4.87. The van der Waals surface area contributed by atoms with Crippen molar-refractivity contribution in [1.82, 2.24) is 0 Å². The molecule has 2 rings (SSSR count). The minimum absolute atomic E-state index is 0.229. The minimum atomic E-state index is 0.229. The predicted molar refractivity (Wildman–Crippen MR) is 75.6 cm³/mol. The van der Waals surface area contributed by atoms with E-state index in [4.69, 9.17) is 0 Å². The summed E-state index contributed by atoms with van der Waals surface area (Å²) < 4.78 is 0. The van der Waals surface area contributed by atoms with E-state index in [1.54, 1.807) is 0 Å². The van der Waals surface area contributed by atoms with Crippen LogP contribution in [-0.4, -0.2) is 11.7 Å². The molecule has 2 aromatic rings. The number of benzene rings is 2. The fourth-order valence-corrected chi connectivity index (χ4v) is 2.34. The summed E-state index contributed by atoms with van der Waals surface area (Å²) in [5.74, 6) is 0.645. The summed E-state index contributed by atoms with van der Waals surface area (Å²) in [6.45, 7) is 2.34. The molecule has 0 aromatic heterocycles. The lowest BCUT2D eigenvalue weighted by atomic mass is 9.83. The van der Waals surface area contributed by atoms with Gasteiger partial charge in [0, 0.05) is 6.61 Å². The van der Waals surface area contributed by atoms with Crippen molar-refractivity contribution < 1.29 is 5.11 Å². The molecule has 0 heterocycles. The molecular weight excluding hydrogens is 220 g/mol. The predicted octanol–water partition coefficient (Wildman–Crippen LogP) is 3.64. The fourth-order valence-electron chi connectivity index (χ4n) is 2.34. The number of hydrogen-bond donors (Lipinski definition) is 1. The van der Waals surface area contributed by atoms with Crippen molar-refractivity contribution in [3.8, 4) is 0 Å². The van der Waals surface area contributed by atoms with Gasteiger partial charge in [0.2, 0.25) is 0 Å². The van der Waals surface area contributed by atoms with Crippen molar-refractivity contribution in [1.29, 1.82) is 0 Å². The van der Waals surface area contributed by atoms with Gasteiger partial charge in [0.15, 0.2) is 0 Å². The van der Waals surface area contributed by atoms with Gasteiger partial charge < -0.3 is 5.11 Å². The van der Waals surface area contributed by atoms with Gasteiger partial charge in [-0.15, -0.1) is 0 Å². The molecule has 18 heavy (non-hydrogen) atoms. The lowest BCUT2D eigenvalue weighted by Crippen LogP contribution is -2.16. The summed E-state index contributed by atoms with van der Waals surface area (Å²) in [6, 6.07) is 21.0. The van der Waals surface area contributed by atoms with Gasteiger partial charge in [0.1, 0.15) is 0 Å². The molecule has 0 fully saturated rings. The molecule has 0 unspecified atom stereocenters. The van der Waals surface area contributed by atoms with Gasteiger partial charge in [-0.05, 0) is 29.4 Å². The topological polar surface area (TPSA) is 20.2 Å². The maximum Gasteiger partial charge on any atom is 0.0462 e. The van der Waals surface area contributed by atoms with Crippen molar-refractivity contribution in [2.75, 3.05) is 6.61 Å². The highest BCUT2D eigenvalue weighted by atomic mass is 16.3. The first-order valence-corrected chi connectivity index (χ1v) is 6.51. The molecule has 0 aliphatic carbocycles. The maximum atomic E-state index is 9.44. The Morgan fingerprint density at radius 2 is 1.44 bits per heavy atom. The Morgan fingerprint density at radius 3 is 2.00 bits per heavy atom. The van der Waals surface area contributed by atoms with Crippen LogP contribution in [0, 0.1) is 5.92 Å². The van der Waals surface area contributed by atoms with Crippen molar-refractivity contribution in [2.24, 2.45) is 5.92 Å². The van der Waals surface area contributed by atoms with Gasteiger partial charge in [0.05, 0.1) is 0 Å². The van der Waals surface area contributed by atoms with Crippen LogP contribution in [0.25, 0.3) is 0 Å². The normalized spacial score (nSPS) is 14.1. The Kier molecular flexibility index (Phi) is 4.54. The number of rotatable bonds is 5. The molecule has 0 saturated heterocycles. The zero-order valence-electron chi connectivity index (χ0n) is 10.8. The zero-order valence-corrected chi connectivity index (χ0v) is 10.8. The lowest BCUT2D eigenvalue weighted by molar-refractivity contribution is 0.215. The first kappa shape index (κ1) is 12.8. The Bertz CT molecular complexity index is 450. The minimum Gasteiger partial charge on any atom is -0.396 e. The Balaban J connectivity index is 2.21. The standard InChI is InChI=1S/C17H20O/c1-14(13-18)17(16-10-6-3-7-11-16)12-15-8-4-2-5-9-15/h2-11,14,17-18H,12-13H2,1H3/t14-,17-/m1/s1. The van der Waals surface area contributed by atoms with Crippen molar-refractivity contribution in [2.45, 2.75) is 19.3 Å². The van der Waals surface area contributed by atoms with Gasteiger partial charge in [-0.1, -0.05) is 67.6 Å². The molecule has 0 aliphatic rings. The fraction of sp³-hybridized carbons (Fsp3) is 0.294. The highest BCUT2D eigenvalue weighted by Crippen LogP contribution is 2.28. The smallest absolute Gasteiger partial charge is 0.0462 e. The van der Waals surface area contributed by atoms with Crippen LogP contribution in [0.1, 0.15) is 24.0 Å². The van der Waals surface area contributed by atoms with E-state index in [2.05, 4.69) is 55.5 Å². The third-order valence-corrected chi connectivity index (χ3v) is 3.50. The monoisotopic (exact) mass is 240 g/mol. The van der Waals surface area contributed by atoms with Crippen molar-refractivity contribution in [3.63, 3.8) is 0 Å². The quantitative estimate of drug-likeness (QED) is 0.846. The average Bonchev–Trinajstić information content (AvgIpc) is 2.46. The molecule has 2 aromatic carbocycles. The molecule has 1 N–H and O–H groups in total. The Morgan fingerprint density at radius 1 is 0.889 bits per heavy atom. The highest BCUT2D eigenvalue weighted by Gasteiger charge is 2.18. The zero-order chi connectivity index (χ0) is 12.8. The van der Waals surface area contributed by atoms with Crippen molar-refractivity contribution in [3.05, 3.63) is 71.8 Å². The van der Waals surface area contributed by atoms with Crippen LogP contribution in [0.15, 0.2) is 60.7 Å². The molecule has 94 valence electrons. The first-order chi connectivity index (χ1) is 8.81. The average molecular weight is 240 g/mol. The molecule has 0 bridgehead atoms. The van der Waals surface area contributed by atoms with E-state index in [9.17, 15) is 5.11 Å². The summed E-state index contributed by atoms with van der Waals surface area (Å²) in [7, 11) is 0. The van der Waals surface area contributed by atoms with E-state index >= 15 is 0 Å². The van der Waals surface area contributed by atoms with E-state index in [1.807, 2.05) is 12.1 Å². The van der Waals surface area contributed by atoms with Crippen LogP contribution in [-0.2, 0) is 6.42 Å². The van der Waals surface area contributed by atoms with Gasteiger partial charge in [-0.25, -0.2) is 0 Å². The summed E-state index contributed by atoms with van der Waals surface area (Å²) in [5.41, 5.74) is 2.63. The van der Waals surface area contributed by atoms with Crippen LogP contribution in [0.2, 0.25) is 0 Å². The molecule has 2 atom stereocenters. The van der Waals surface area contributed by atoms with Gasteiger partial charge in [-0.3, -0.25) is 0 Å². The molecular formula is C17H20O. The van der Waals surface area contributed by atoms with Crippen LogP contribution in [0.4, 0.5) is 0 Å². The van der Waals surface area contributed by atoms with Gasteiger partial charge >= 0.3 is 0 Å².